The van der Waals surface area contributed by atoms with Gasteiger partial charge in [-0.15, -0.1) is 0 Å². The fourth-order valence-electron chi connectivity index (χ4n) is 5.81. The Kier molecular flexibility index (Phi) is 6.69. The molecule has 3 aromatic carbocycles. The Morgan fingerprint density at radius 2 is 1.50 bits per heavy atom. The molecule has 1 aromatic heterocycles. The van der Waals surface area contributed by atoms with Crippen LogP contribution in [-0.2, 0) is 12.8 Å². The first-order valence-electron chi connectivity index (χ1n) is 13.1. The number of aliphatic hydroxyl groups is 1. The van der Waals surface area contributed by atoms with Gasteiger partial charge in [0, 0.05) is 50.7 Å². The second-order valence-electron chi connectivity index (χ2n) is 9.87. The lowest BCUT2D eigenvalue weighted by Gasteiger charge is -2.40. The van der Waals surface area contributed by atoms with Crippen molar-refractivity contribution < 1.29 is 9.84 Å². The summed E-state index contributed by atoms with van der Waals surface area (Å²) in [5, 5.41) is 11.5. The number of rotatable bonds is 6. The second kappa shape index (κ2) is 10.4. The van der Waals surface area contributed by atoms with Crippen LogP contribution < -0.4 is 4.74 Å². The Labute approximate surface area is 213 Å². The number of aliphatic hydroxyl groups excluding tert-OH is 1. The predicted octanol–water partition coefficient (Wildman–Crippen LogP) is 4.83. The number of ether oxygens (including phenoxy) is 1. The summed E-state index contributed by atoms with van der Waals surface area (Å²) >= 11 is 0. The summed E-state index contributed by atoms with van der Waals surface area (Å²) in [6, 6.07) is 27.9. The highest BCUT2D eigenvalue weighted by molar-refractivity contribution is 5.84. The van der Waals surface area contributed by atoms with E-state index in [9.17, 15) is 5.11 Å². The zero-order valence-electron chi connectivity index (χ0n) is 20.6. The normalized spacial score (nSPS) is 17.8. The van der Waals surface area contributed by atoms with Gasteiger partial charge in [0.1, 0.15) is 5.75 Å². The first-order valence-corrected chi connectivity index (χ1v) is 13.1. The molecule has 1 unspecified atom stereocenters. The third kappa shape index (κ3) is 4.74. The molecule has 36 heavy (non-hydrogen) atoms. The van der Waals surface area contributed by atoms with E-state index >= 15 is 0 Å². The molecule has 0 spiro atoms. The van der Waals surface area contributed by atoms with E-state index in [2.05, 4.69) is 63.3 Å². The molecular formula is C31H33N3O2. The molecule has 184 valence electrons. The molecule has 4 aromatic rings. The first kappa shape index (κ1) is 23.2. The number of aryl methyl sites for hydroxylation is 2. The van der Waals surface area contributed by atoms with Crippen LogP contribution in [0.25, 0.3) is 10.9 Å². The molecule has 0 saturated carbocycles. The van der Waals surface area contributed by atoms with Crippen molar-refractivity contribution in [2.24, 2.45) is 0 Å². The van der Waals surface area contributed by atoms with Gasteiger partial charge < -0.3 is 14.7 Å². The van der Waals surface area contributed by atoms with E-state index in [4.69, 9.17) is 4.74 Å². The van der Waals surface area contributed by atoms with Gasteiger partial charge in [-0.25, -0.2) is 0 Å². The van der Waals surface area contributed by atoms with Gasteiger partial charge in [0.25, 0.3) is 0 Å². The molecule has 6 rings (SSSR count). The quantitative estimate of drug-likeness (QED) is 0.402. The standard InChI is InChI=1S/C31H33N3O2/c35-30(36-29-13-5-12-28-27(29)11-6-17-32-28)16-18-33-19-21-34(22-20-33)31-25-9-3-1-7-23(25)14-15-24-8-2-4-10-26(24)31/h1-13,17,30-31,35H,14-16,18-22H2. The average molecular weight is 480 g/mol. The van der Waals surface area contributed by atoms with Crippen molar-refractivity contribution in [1.82, 2.24) is 14.8 Å². The second-order valence-corrected chi connectivity index (χ2v) is 9.87. The average Bonchev–Trinajstić information content (AvgIpc) is 3.09. The summed E-state index contributed by atoms with van der Waals surface area (Å²) in [5.41, 5.74) is 6.75. The Morgan fingerprint density at radius 1 is 0.806 bits per heavy atom. The zero-order valence-corrected chi connectivity index (χ0v) is 20.6. The zero-order chi connectivity index (χ0) is 24.3. The third-order valence-electron chi connectivity index (χ3n) is 7.70. The molecule has 1 aliphatic carbocycles. The lowest BCUT2D eigenvalue weighted by Crippen LogP contribution is -2.48. The summed E-state index contributed by atoms with van der Waals surface area (Å²) in [6.07, 6.45) is 3.72. The number of pyridine rings is 1. The minimum Gasteiger partial charge on any atom is -0.464 e. The monoisotopic (exact) mass is 479 g/mol. The van der Waals surface area contributed by atoms with Crippen molar-refractivity contribution in [3.8, 4) is 5.75 Å². The highest BCUT2D eigenvalue weighted by atomic mass is 16.6. The van der Waals surface area contributed by atoms with E-state index in [1.165, 1.54) is 22.3 Å². The van der Waals surface area contributed by atoms with Crippen LogP contribution in [0, 0.1) is 0 Å². The Morgan fingerprint density at radius 3 is 2.22 bits per heavy atom. The molecule has 1 atom stereocenters. The highest BCUT2D eigenvalue weighted by Gasteiger charge is 2.30. The molecule has 0 bridgehead atoms. The SMILES string of the molecule is OC(CCN1CCN(C2c3ccccc3CCc3ccccc32)CC1)Oc1cccc2ncccc12. The highest BCUT2D eigenvalue weighted by Crippen LogP contribution is 2.37. The molecule has 0 amide bonds. The van der Waals surface area contributed by atoms with Crippen molar-refractivity contribution in [1.29, 1.82) is 0 Å². The van der Waals surface area contributed by atoms with Gasteiger partial charge in [0.2, 0.25) is 0 Å². The smallest absolute Gasteiger partial charge is 0.198 e. The van der Waals surface area contributed by atoms with E-state index < -0.39 is 6.29 Å². The van der Waals surface area contributed by atoms with Crippen molar-refractivity contribution in [3.63, 3.8) is 0 Å². The van der Waals surface area contributed by atoms with Crippen LogP contribution >= 0.6 is 0 Å². The topological polar surface area (TPSA) is 48.8 Å². The first-order chi connectivity index (χ1) is 17.8. The molecule has 1 fully saturated rings. The Bertz CT molecular complexity index is 1280. The lowest BCUT2D eigenvalue weighted by molar-refractivity contribution is -0.0309. The van der Waals surface area contributed by atoms with Crippen LogP contribution in [0.4, 0.5) is 0 Å². The molecule has 5 heteroatoms. The van der Waals surface area contributed by atoms with Crippen molar-refractivity contribution >= 4 is 10.9 Å². The van der Waals surface area contributed by atoms with Gasteiger partial charge in [-0.3, -0.25) is 9.88 Å². The van der Waals surface area contributed by atoms with Gasteiger partial charge in [0.05, 0.1) is 11.6 Å². The number of fused-ring (bicyclic) bond motifs is 3. The number of nitrogens with zero attached hydrogens (tertiary/aromatic N) is 3. The largest absolute Gasteiger partial charge is 0.464 e. The predicted molar refractivity (Wildman–Crippen MR) is 143 cm³/mol. The van der Waals surface area contributed by atoms with E-state index in [0.717, 1.165) is 56.5 Å². The van der Waals surface area contributed by atoms with Crippen molar-refractivity contribution in [3.05, 3.63) is 107 Å². The molecular weight excluding hydrogens is 446 g/mol. The van der Waals surface area contributed by atoms with Gasteiger partial charge in [-0.2, -0.15) is 0 Å². The van der Waals surface area contributed by atoms with Crippen LogP contribution in [0.3, 0.4) is 0 Å². The summed E-state index contributed by atoms with van der Waals surface area (Å²) in [4.78, 5) is 9.47. The van der Waals surface area contributed by atoms with Gasteiger partial charge in [-0.05, 0) is 59.4 Å². The molecule has 2 aliphatic rings. The van der Waals surface area contributed by atoms with Gasteiger partial charge in [0.15, 0.2) is 6.29 Å². The fourth-order valence-corrected chi connectivity index (χ4v) is 5.81. The molecule has 1 aliphatic heterocycles. The summed E-state index contributed by atoms with van der Waals surface area (Å²) in [7, 11) is 0. The molecule has 0 radical (unpaired) electrons. The van der Waals surface area contributed by atoms with Crippen LogP contribution in [0.15, 0.2) is 85.1 Å². The van der Waals surface area contributed by atoms with E-state index in [1.807, 2.05) is 30.3 Å². The molecule has 2 heterocycles. The van der Waals surface area contributed by atoms with Gasteiger partial charge >= 0.3 is 0 Å². The van der Waals surface area contributed by atoms with E-state index in [1.54, 1.807) is 6.20 Å². The molecule has 5 nitrogen and oxygen atoms in total. The van der Waals surface area contributed by atoms with E-state index in [0.29, 0.717) is 18.2 Å². The Hall–Kier alpha value is -3.25. The molecule has 1 saturated heterocycles. The lowest BCUT2D eigenvalue weighted by atomic mass is 9.92. The van der Waals surface area contributed by atoms with Crippen LogP contribution in [-0.4, -0.2) is 58.9 Å². The van der Waals surface area contributed by atoms with Crippen molar-refractivity contribution in [2.75, 3.05) is 32.7 Å². The summed E-state index contributed by atoms with van der Waals surface area (Å²) in [5.74, 6) is 0.684. The summed E-state index contributed by atoms with van der Waals surface area (Å²) < 4.78 is 5.91. The van der Waals surface area contributed by atoms with Crippen LogP contribution in [0.2, 0.25) is 0 Å². The number of hydrogen-bond donors (Lipinski definition) is 1. The number of benzene rings is 3. The Balaban J connectivity index is 1.09. The third-order valence-corrected chi connectivity index (χ3v) is 7.70. The number of piperazine rings is 1. The van der Waals surface area contributed by atoms with E-state index in [-0.39, 0.29) is 0 Å². The molecule has 1 N–H and O–H groups in total. The van der Waals surface area contributed by atoms with Gasteiger partial charge in [-0.1, -0.05) is 54.6 Å². The maximum absolute atomic E-state index is 10.6. The summed E-state index contributed by atoms with van der Waals surface area (Å²) in [6.45, 7) is 4.83. The van der Waals surface area contributed by atoms with Crippen LogP contribution in [0.1, 0.15) is 34.7 Å². The fraction of sp³-hybridized carbons (Fsp3) is 0.323. The number of hydrogen-bond acceptors (Lipinski definition) is 5. The number of aromatic nitrogens is 1. The minimum atomic E-state index is -0.838. The van der Waals surface area contributed by atoms with Crippen LogP contribution in [0.5, 0.6) is 5.75 Å². The van der Waals surface area contributed by atoms with Crippen molar-refractivity contribution in [2.45, 2.75) is 31.6 Å². The minimum absolute atomic E-state index is 0.316. The maximum Gasteiger partial charge on any atom is 0.198 e. The maximum atomic E-state index is 10.6.